The fourth-order valence-corrected chi connectivity index (χ4v) is 1.98. The van der Waals surface area contributed by atoms with Crippen LogP contribution in [0, 0.1) is 0 Å². The molecule has 0 aromatic rings. The van der Waals surface area contributed by atoms with Crippen molar-refractivity contribution in [2.75, 3.05) is 51.8 Å². The van der Waals surface area contributed by atoms with Crippen molar-refractivity contribution in [2.45, 2.75) is 20.3 Å². The van der Waals surface area contributed by atoms with Crippen molar-refractivity contribution in [3.63, 3.8) is 0 Å². The maximum absolute atomic E-state index is 2.58. The Morgan fingerprint density at radius 1 is 1.07 bits per heavy atom. The van der Waals surface area contributed by atoms with Crippen LogP contribution < -0.4 is 0 Å². The van der Waals surface area contributed by atoms with Crippen LogP contribution in [0.1, 0.15) is 20.3 Å². The summed E-state index contributed by atoms with van der Waals surface area (Å²) in [6, 6.07) is 0. The highest BCUT2D eigenvalue weighted by Gasteiger charge is 2.10. The van der Waals surface area contributed by atoms with Gasteiger partial charge in [-0.25, -0.2) is 0 Å². The Bertz CT molecular complexity index is 118. The predicted molar refractivity (Wildman–Crippen MR) is 68.3 cm³/mol. The van der Waals surface area contributed by atoms with E-state index in [0.29, 0.717) is 0 Å². The summed E-state index contributed by atoms with van der Waals surface area (Å²) in [6.45, 7) is 10.3. The van der Waals surface area contributed by atoms with Crippen LogP contribution >= 0.6 is 11.8 Å². The fraction of sp³-hybridized carbons (Fsp3) is 1.00. The van der Waals surface area contributed by atoms with Gasteiger partial charge in [-0.3, -0.25) is 0 Å². The lowest BCUT2D eigenvalue weighted by atomic mass is 10.4. The molecule has 1 fully saturated rings. The van der Waals surface area contributed by atoms with Gasteiger partial charge >= 0.3 is 0 Å². The summed E-state index contributed by atoms with van der Waals surface area (Å²) in [4.78, 5) is 5.01. The Labute approximate surface area is 94.0 Å². The van der Waals surface area contributed by atoms with Crippen molar-refractivity contribution >= 4 is 11.8 Å². The van der Waals surface area contributed by atoms with E-state index in [4.69, 9.17) is 0 Å². The molecule has 1 heterocycles. The number of thioether (sulfide) groups is 1. The minimum atomic E-state index is 1.24. The van der Waals surface area contributed by atoms with E-state index in [1.54, 1.807) is 0 Å². The standard InChI is InChI=1S/C9H20N2S.C2H6/c1-10-4-3-5-11(7-6-10)8-9-12-2;1-2/h3-9H2,1-2H3;1-2H3. The van der Waals surface area contributed by atoms with E-state index in [-0.39, 0.29) is 0 Å². The maximum atomic E-state index is 2.58. The Morgan fingerprint density at radius 3 is 2.43 bits per heavy atom. The smallest absolute Gasteiger partial charge is 0.0110 e. The zero-order valence-corrected chi connectivity index (χ0v) is 11.1. The molecule has 0 aliphatic carbocycles. The molecule has 3 heteroatoms. The van der Waals surface area contributed by atoms with Crippen LogP contribution in [-0.2, 0) is 0 Å². The van der Waals surface area contributed by atoms with Crippen LogP contribution in [0.2, 0.25) is 0 Å². The van der Waals surface area contributed by atoms with E-state index < -0.39 is 0 Å². The van der Waals surface area contributed by atoms with Crippen molar-refractivity contribution < 1.29 is 0 Å². The summed E-state index contributed by atoms with van der Waals surface area (Å²) in [5.41, 5.74) is 0. The van der Waals surface area contributed by atoms with E-state index in [9.17, 15) is 0 Å². The lowest BCUT2D eigenvalue weighted by Crippen LogP contribution is -2.30. The van der Waals surface area contributed by atoms with Gasteiger partial charge in [0.2, 0.25) is 0 Å². The second-order valence-electron chi connectivity index (χ2n) is 3.49. The van der Waals surface area contributed by atoms with Crippen LogP contribution in [0.3, 0.4) is 0 Å². The SMILES string of the molecule is CC.CSCCN1CCCN(C)CC1. The summed E-state index contributed by atoms with van der Waals surface area (Å²) < 4.78 is 0. The monoisotopic (exact) mass is 218 g/mol. The summed E-state index contributed by atoms with van der Waals surface area (Å²) in [7, 11) is 2.22. The van der Waals surface area contributed by atoms with Gasteiger partial charge in [0.25, 0.3) is 0 Å². The van der Waals surface area contributed by atoms with Gasteiger partial charge in [-0.05, 0) is 32.8 Å². The molecule has 86 valence electrons. The van der Waals surface area contributed by atoms with Gasteiger partial charge in [0.1, 0.15) is 0 Å². The Balaban J connectivity index is 0.000000791. The van der Waals surface area contributed by atoms with Crippen LogP contribution in [0.25, 0.3) is 0 Å². The van der Waals surface area contributed by atoms with Gasteiger partial charge < -0.3 is 9.80 Å². The third kappa shape index (κ3) is 6.68. The minimum Gasteiger partial charge on any atom is -0.305 e. The fourth-order valence-electron chi connectivity index (χ4n) is 1.54. The molecule has 0 aromatic carbocycles. The summed E-state index contributed by atoms with van der Waals surface area (Å²) in [5.74, 6) is 1.28. The van der Waals surface area contributed by atoms with Gasteiger partial charge in [0, 0.05) is 25.4 Å². The highest BCUT2D eigenvalue weighted by Crippen LogP contribution is 2.02. The molecule has 0 radical (unpaired) electrons. The molecule has 0 saturated carbocycles. The molecule has 1 aliphatic heterocycles. The van der Waals surface area contributed by atoms with Gasteiger partial charge in [-0.1, -0.05) is 13.8 Å². The van der Waals surface area contributed by atoms with E-state index in [0.717, 1.165) is 0 Å². The molecule has 0 amide bonds. The number of hydrogen-bond acceptors (Lipinski definition) is 3. The third-order valence-electron chi connectivity index (χ3n) is 2.42. The molecule has 0 unspecified atom stereocenters. The number of hydrogen-bond donors (Lipinski definition) is 0. The highest BCUT2D eigenvalue weighted by atomic mass is 32.2. The van der Waals surface area contributed by atoms with E-state index in [1.807, 2.05) is 25.6 Å². The van der Waals surface area contributed by atoms with Crippen molar-refractivity contribution in [1.29, 1.82) is 0 Å². The molecular weight excluding hydrogens is 192 g/mol. The first kappa shape index (κ1) is 14.3. The van der Waals surface area contributed by atoms with Crippen molar-refractivity contribution in [3.05, 3.63) is 0 Å². The number of rotatable bonds is 3. The van der Waals surface area contributed by atoms with E-state index in [1.165, 1.54) is 44.9 Å². The molecule has 0 N–H and O–H groups in total. The van der Waals surface area contributed by atoms with Crippen molar-refractivity contribution in [1.82, 2.24) is 9.80 Å². The average molecular weight is 218 g/mol. The summed E-state index contributed by atoms with van der Waals surface area (Å²) in [5, 5.41) is 0. The van der Waals surface area contributed by atoms with Gasteiger partial charge in [0.05, 0.1) is 0 Å². The highest BCUT2D eigenvalue weighted by molar-refractivity contribution is 7.98. The van der Waals surface area contributed by atoms with Crippen LogP contribution in [0.15, 0.2) is 0 Å². The topological polar surface area (TPSA) is 6.48 Å². The Morgan fingerprint density at radius 2 is 1.79 bits per heavy atom. The lowest BCUT2D eigenvalue weighted by molar-refractivity contribution is 0.291. The first-order valence-electron chi connectivity index (χ1n) is 5.73. The van der Waals surface area contributed by atoms with E-state index >= 15 is 0 Å². The first-order valence-corrected chi connectivity index (χ1v) is 7.12. The van der Waals surface area contributed by atoms with E-state index in [2.05, 4.69) is 23.1 Å². The normalized spacial score (nSPS) is 19.7. The molecule has 1 rings (SSSR count). The second kappa shape index (κ2) is 9.81. The van der Waals surface area contributed by atoms with Crippen LogP contribution in [0.5, 0.6) is 0 Å². The molecule has 14 heavy (non-hydrogen) atoms. The minimum absolute atomic E-state index is 1.24. The molecule has 1 aliphatic rings. The predicted octanol–water partition coefficient (Wildman–Crippen LogP) is 2.01. The molecule has 0 aromatic heterocycles. The molecule has 2 nitrogen and oxygen atoms in total. The second-order valence-corrected chi connectivity index (χ2v) is 4.48. The van der Waals surface area contributed by atoms with Crippen molar-refractivity contribution in [2.24, 2.45) is 0 Å². The molecular formula is C11H26N2S. The molecule has 0 atom stereocenters. The van der Waals surface area contributed by atoms with Crippen molar-refractivity contribution in [3.8, 4) is 0 Å². The molecule has 0 bridgehead atoms. The first-order chi connectivity index (χ1) is 6.83. The zero-order valence-electron chi connectivity index (χ0n) is 10.3. The quantitative estimate of drug-likeness (QED) is 0.715. The largest absolute Gasteiger partial charge is 0.305 e. The summed E-state index contributed by atoms with van der Waals surface area (Å²) in [6.07, 6.45) is 3.52. The van der Waals surface area contributed by atoms with Gasteiger partial charge in [-0.15, -0.1) is 0 Å². The molecule has 1 saturated heterocycles. The molecule has 0 spiro atoms. The van der Waals surface area contributed by atoms with Crippen LogP contribution in [-0.4, -0.2) is 61.6 Å². The van der Waals surface area contributed by atoms with Crippen LogP contribution in [0.4, 0.5) is 0 Å². The van der Waals surface area contributed by atoms with Gasteiger partial charge in [0.15, 0.2) is 0 Å². The Kier molecular flexibility index (Phi) is 10.0. The average Bonchev–Trinajstić information content (AvgIpc) is 2.43. The third-order valence-corrected chi connectivity index (χ3v) is 3.01. The number of likely N-dealkylation sites (N-methyl/N-ethyl adjacent to an activating group) is 1. The summed E-state index contributed by atoms with van der Waals surface area (Å²) >= 11 is 1.95. The zero-order chi connectivity index (χ0) is 10.8. The number of nitrogens with zero attached hydrogens (tertiary/aromatic N) is 2. The maximum Gasteiger partial charge on any atom is 0.0110 e. The Hall–Kier alpha value is 0.270. The van der Waals surface area contributed by atoms with Gasteiger partial charge in [-0.2, -0.15) is 11.8 Å². The lowest BCUT2D eigenvalue weighted by Gasteiger charge is -2.19.